The number of nitrogens with one attached hydrogen (secondary N) is 4. The van der Waals surface area contributed by atoms with Crippen molar-refractivity contribution in [3.8, 4) is 0 Å². The first kappa shape index (κ1) is 46.3. The minimum Gasteiger partial charge on any atom is -0.460 e. The molecule has 1 aromatic carbocycles. The molecule has 6 amide bonds. The van der Waals surface area contributed by atoms with Gasteiger partial charge in [0.05, 0.1) is 11.5 Å². The standard InChI is InChI=1S/C37H56N6O11S/c1-24(2)33(42-34(48)28(23-55(51,52)53)41-30(45)11-7-6-8-19-43-31(46)16-17-32(43)47)29(44)20-26(10-9-18-39-36(38)50)21-40-27-14-12-25(13-15-27)22-54-35(49)37(3,4)5/h12-17,24,26,28,33,40H,6-11,18-23H2,1-5H3,(H,41,45)(H,42,48)(H3,38,39,50)(H,51,52,53)/t26-,28+,33+/m0/s1. The van der Waals surface area contributed by atoms with Gasteiger partial charge in [-0.1, -0.05) is 32.4 Å². The summed E-state index contributed by atoms with van der Waals surface area (Å²) in [5.74, 6) is -4.96. The lowest BCUT2D eigenvalue weighted by Crippen LogP contribution is -2.55. The minimum absolute atomic E-state index is 0.00640. The second-order valence-corrected chi connectivity index (χ2v) is 16.4. The van der Waals surface area contributed by atoms with Crippen LogP contribution in [0.25, 0.3) is 0 Å². The third-order valence-corrected chi connectivity index (χ3v) is 9.39. The number of nitrogens with zero attached hydrogens (tertiary/aromatic N) is 1. The van der Waals surface area contributed by atoms with Gasteiger partial charge in [0.15, 0.2) is 5.78 Å². The van der Waals surface area contributed by atoms with Gasteiger partial charge in [-0.15, -0.1) is 0 Å². The number of primary amides is 1. The number of Topliss-reactive ketones (excluding diaryl/α,β-unsaturated/α-hetero) is 1. The Kier molecular flexibility index (Phi) is 18.4. The van der Waals surface area contributed by atoms with Crippen LogP contribution in [0, 0.1) is 17.3 Å². The van der Waals surface area contributed by atoms with Gasteiger partial charge in [-0.2, -0.15) is 8.42 Å². The highest BCUT2D eigenvalue weighted by molar-refractivity contribution is 7.85. The topological polar surface area (TPSA) is 260 Å². The van der Waals surface area contributed by atoms with Gasteiger partial charge in [0.2, 0.25) is 11.8 Å². The molecule has 0 aliphatic carbocycles. The number of esters is 1. The summed E-state index contributed by atoms with van der Waals surface area (Å²) in [7, 11) is -4.73. The van der Waals surface area contributed by atoms with Crippen LogP contribution in [0.4, 0.5) is 10.5 Å². The lowest BCUT2D eigenvalue weighted by Gasteiger charge is -2.26. The summed E-state index contributed by atoms with van der Waals surface area (Å²) in [5, 5.41) is 10.7. The molecule has 0 aromatic heterocycles. The second kappa shape index (κ2) is 21.9. The number of imide groups is 1. The molecule has 2 rings (SSSR count). The van der Waals surface area contributed by atoms with Gasteiger partial charge in [-0.05, 0) is 76.0 Å². The van der Waals surface area contributed by atoms with Crippen LogP contribution in [-0.4, -0.2) is 96.8 Å². The lowest BCUT2D eigenvalue weighted by molar-refractivity contribution is -0.154. The maximum atomic E-state index is 13.7. The normalized spacial score (nSPS) is 14.6. The molecule has 0 bridgehead atoms. The van der Waals surface area contributed by atoms with E-state index >= 15 is 0 Å². The molecule has 1 aliphatic heterocycles. The number of ether oxygens (including phenoxy) is 1. The highest BCUT2D eigenvalue weighted by Gasteiger charge is 2.32. The molecule has 1 heterocycles. The molecular weight excluding hydrogens is 737 g/mol. The fourth-order valence-electron chi connectivity index (χ4n) is 5.55. The number of rotatable bonds is 24. The number of carbonyl (C=O) groups excluding carboxylic acids is 7. The Bertz CT molecular complexity index is 1640. The van der Waals surface area contributed by atoms with Crippen LogP contribution < -0.4 is 27.0 Å². The molecule has 0 radical (unpaired) electrons. The van der Waals surface area contributed by atoms with E-state index in [9.17, 15) is 46.5 Å². The predicted molar refractivity (Wildman–Crippen MR) is 204 cm³/mol. The van der Waals surface area contributed by atoms with Gasteiger partial charge in [0.1, 0.15) is 18.4 Å². The monoisotopic (exact) mass is 792 g/mol. The van der Waals surface area contributed by atoms with Crippen molar-refractivity contribution in [2.75, 3.05) is 30.7 Å². The van der Waals surface area contributed by atoms with Crippen LogP contribution in [0.1, 0.15) is 85.1 Å². The van der Waals surface area contributed by atoms with Crippen LogP contribution in [0.5, 0.6) is 0 Å². The Morgan fingerprint density at radius 1 is 0.927 bits per heavy atom. The Morgan fingerprint density at radius 2 is 1.56 bits per heavy atom. The molecular formula is C37H56N6O11S. The van der Waals surface area contributed by atoms with Gasteiger partial charge < -0.3 is 31.7 Å². The molecule has 306 valence electrons. The zero-order valence-corrected chi connectivity index (χ0v) is 33.0. The Labute approximate surface area is 322 Å². The largest absolute Gasteiger partial charge is 0.460 e. The molecule has 55 heavy (non-hydrogen) atoms. The van der Waals surface area contributed by atoms with Crippen molar-refractivity contribution in [1.82, 2.24) is 20.9 Å². The molecule has 1 aromatic rings. The smallest absolute Gasteiger partial charge is 0.312 e. The van der Waals surface area contributed by atoms with E-state index in [1.54, 1.807) is 46.8 Å². The molecule has 3 atom stereocenters. The average Bonchev–Trinajstić information content (AvgIpc) is 3.41. The van der Waals surface area contributed by atoms with Crippen molar-refractivity contribution in [2.24, 2.45) is 23.0 Å². The van der Waals surface area contributed by atoms with Crippen molar-refractivity contribution in [1.29, 1.82) is 0 Å². The number of urea groups is 1. The van der Waals surface area contributed by atoms with Gasteiger partial charge in [0, 0.05) is 50.3 Å². The van der Waals surface area contributed by atoms with E-state index in [1.165, 1.54) is 12.2 Å². The Morgan fingerprint density at radius 3 is 2.13 bits per heavy atom. The zero-order valence-electron chi connectivity index (χ0n) is 32.2. The minimum atomic E-state index is -4.73. The SMILES string of the molecule is CC(C)[C@@H](NC(=O)[C@@H](CS(=O)(=O)O)NC(=O)CCCCCN1C(=O)C=CC1=O)C(=O)C[C@H](CCCNC(N)=O)CNc1ccc(COC(=O)C(C)(C)C)cc1. The zero-order chi connectivity index (χ0) is 41.3. The fraction of sp³-hybridized carbons (Fsp3) is 0.595. The van der Waals surface area contributed by atoms with Crippen LogP contribution in [0.3, 0.4) is 0 Å². The highest BCUT2D eigenvalue weighted by atomic mass is 32.2. The summed E-state index contributed by atoms with van der Waals surface area (Å²) in [6.45, 7) is 9.60. The summed E-state index contributed by atoms with van der Waals surface area (Å²) in [4.78, 5) is 87.5. The first-order chi connectivity index (χ1) is 25.7. The summed E-state index contributed by atoms with van der Waals surface area (Å²) in [5.41, 5.74) is 6.09. The van der Waals surface area contributed by atoms with Crippen LogP contribution in [-0.2, 0) is 50.2 Å². The number of hydrogen-bond donors (Lipinski definition) is 6. The summed E-state index contributed by atoms with van der Waals surface area (Å²) < 4.78 is 38.5. The Balaban J connectivity index is 2.04. The molecule has 1 aliphatic rings. The Hall–Kier alpha value is -4.84. The number of hydrogen-bond acceptors (Lipinski definition) is 11. The first-order valence-corrected chi connectivity index (χ1v) is 19.9. The van der Waals surface area contributed by atoms with E-state index in [0.29, 0.717) is 38.6 Å². The maximum Gasteiger partial charge on any atom is 0.312 e. The number of nitrogens with two attached hydrogens (primary N) is 1. The van der Waals surface area contributed by atoms with Gasteiger partial charge in [0.25, 0.3) is 21.9 Å². The van der Waals surface area contributed by atoms with Crippen LogP contribution in [0.2, 0.25) is 0 Å². The lowest BCUT2D eigenvalue weighted by atomic mass is 9.89. The average molecular weight is 793 g/mol. The van der Waals surface area contributed by atoms with E-state index in [1.807, 2.05) is 12.1 Å². The van der Waals surface area contributed by atoms with E-state index in [4.69, 9.17) is 10.5 Å². The van der Waals surface area contributed by atoms with E-state index in [-0.39, 0.29) is 50.2 Å². The molecule has 0 fully saturated rings. The van der Waals surface area contributed by atoms with Crippen LogP contribution >= 0.6 is 0 Å². The molecule has 0 saturated heterocycles. The molecule has 0 unspecified atom stereocenters. The van der Waals surface area contributed by atoms with Crippen molar-refractivity contribution in [3.63, 3.8) is 0 Å². The number of unbranched alkanes of at least 4 members (excludes halogenated alkanes) is 2. The third kappa shape index (κ3) is 17.9. The van der Waals surface area contributed by atoms with Crippen LogP contribution in [0.15, 0.2) is 36.4 Å². The maximum absolute atomic E-state index is 13.7. The first-order valence-electron chi connectivity index (χ1n) is 18.3. The summed E-state index contributed by atoms with van der Waals surface area (Å²) in [6.07, 6.45) is 4.42. The molecule has 0 saturated carbocycles. The van der Waals surface area contributed by atoms with Crippen molar-refractivity contribution < 1.29 is 51.3 Å². The number of anilines is 1. The predicted octanol–water partition coefficient (Wildman–Crippen LogP) is 2.21. The molecule has 17 nitrogen and oxygen atoms in total. The number of carbonyl (C=O) groups is 7. The number of ketones is 1. The van der Waals surface area contributed by atoms with E-state index in [0.717, 1.165) is 16.2 Å². The molecule has 18 heteroatoms. The summed E-state index contributed by atoms with van der Waals surface area (Å²) >= 11 is 0. The summed E-state index contributed by atoms with van der Waals surface area (Å²) in [6, 6.07) is 3.79. The van der Waals surface area contributed by atoms with Gasteiger partial charge in [-0.25, -0.2) is 4.79 Å². The van der Waals surface area contributed by atoms with Crippen molar-refractivity contribution >= 4 is 57.2 Å². The number of benzene rings is 1. The van der Waals surface area contributed by atoms with Crippen molar-refractivity contribution in [3.05, 3.63) is 42.0 Å². The molecule has 7 N–H and O–H groups in total. The highest BCUT2D eigenvalue weighted by Crippen LogP contribution is 2.20. The van der Waals surface area contributed by atoms with E-state index in [2.05, 4.69) is 21.3 Å². The quantitative estimate of drug-likeness (QED) is 0.0381. The fourth-order valence-corrected chi connectivity index (χ4v) is 6.21. The third-order valence-electron chi connectivity index (χ3n) is 8.64. The second-order valence-electron chi connectivity index (χ2n) is 14.9. The van der Waals surface area contributed by atoms with E-state index < -0.39 is 68.9 Å². The number of amides is 6. The van der Waals surface area contributed by atoms with Gasteiger partial charge in [-0.3, -0.25) is 38.2 Å². The van der Waals surface area contributed by atoms with Crippen molar-refractivity contribution in [2.45, 2.75) is 98.3 Å². The molecule has 0 spiro atoms. The van der Waals surface area contributed by atoms with Gasteiger partial charge >= 0.3 is 12.0 Å².